The average Bonchev–Trinajstić information content (AvgIpc) is 3.16. The van der Waals surface area contributed by atoms with Gasteiger partial charge in [0.15, 0.2) is 0 Å². The first kappa shape index (κ1) is 28.3. The summed E-state index contributed by atoms with van der Waals surface area (Å²) < 4.78 is 0. The second-order valence-electron chi connectivity index (χ2n) is 11.8. The van der Waals surface area contributed by atoms with E-state index in [1.165, 1.54) is 55.3 Å². The minimum absolute atomic E-state index is 1.11. The molecule has 0 spiro atoms. The van der Waals surface area contributed by atoms with Gasteiger partial charge < -0.3 is 4.90 Å². The van der Waals surface area contributed by atoms with Crippen molar-refractivity contribution in [3.05, 3.63) is 200 Å². The first-order valence-corrected chi connectivity index (χ1v) is 16.1. The molecule has 1 nitrogen and oxygen atoms in total. The van der Waals surface area contributed by atoms with Crippen LogP contribution in [0.2, 0.25) is 0 Å². The van der Waals surface area contributed by atoms with Crippen molar-refractivity contribution in [3.63, 3.8) is 0 Å². The number of hydrogen-bond donors (Lipinski definition) is 0. The fraction of sp³-hybridized carbons (Fsp3) is 0. The predicted octanol–water partition coefficient (Wildman–Crippen LogP) is 13.0. The number of nitrogens with zero attached hydrogens (tertiary/aromatic N) is 1. The van der Waals surface area contributed by atoms with E-state index < -0.39 is 0 Å². The van der Waals surface area contributed by atoms with Crippen LogP contribution in [0.15, 0.2) is 200 Å². The highest BCUT2D eigenvalue weighted by Gasteiger charge is 2.18. The summed E-state index contributed by atoms with van der Waals surface area (Å²) in [7, 11) is 0. The zero-order chi connectivity index (χ0) is 31.4. The molecule has 0 saturated heterocycles. The van der Waals surface area contributed by atoms with Crippen molar-refractivity contribution >= 4 is 27.8 Å². The van der Waals surface area contributed by atoms with Gasteiger partial charge in [-0.05, 0) is 86.1 Å². The molecule has 0 amide bonds. The summed E-state index contributed by atoms with van der Waals surface area (Å²) in [6, 6.07) is 71.8. The second-order valence-corrected chi connectivity index (χ2v) is 11.8. The summed E-state index contributed by atoms with van der Waals surface area (Å²) in [4.78, 5) is 2.38. The van der Waals surface area contributed by atoms with Gasteiger partial charge in [-0.2, -0.15) is 0 Å². The standard InChI is InChI=1S/C46H33N/c1-3-12-34(13-4-1)36-22-24-37(25-23-36)38-28-30-43(31-29-38)47(46-21-10-9-20-45(46)39-15-5-2-6-16-39)44-19-11-18-41(33-44)42-27-26-35-14-7-8-17-40(35)32-42/h1-33H. The molecule has 8 aromatic carbocycles. The largest absolute Gasteiger partial charge is 0.310 e. The van der Waals surface area contributed by atoms with E-state index >= 15 is 0 Å². The third-order valence-electron chi connectivity index (χ3n) is 8.87. The number of hydrogen-bond acceptors (Lipinski definition) is 1. The normalized spacial score (nSPS) is 11.0. The Balaban J connectivity index is 1.21. The van der Waals surface area contributed by atoms with Gasteiger partial charge in [-0.1, -0.05) is 164 Å². The maximum Gasteiger partial charge on any atom is 0.0540 e. The highest BCUT2D eigenvalue weighted by molar-refractivity contribution is 5.91. The third-order valence-corrected chi connectivity index (χ3v) is 8.87. The van der Waals surface area contributed by atoms with Crippen LogP contribution in [0, 0.1) is 0 Å². The summed E-state index contributed by atoms with van der Waals surface area (Å²) in [6.45, 7) is 0. The van der Waals surface area contributed by atoms with Crippen LogP contribution in [-0.4, -0.2) is 0 Å². The molecule has 8 aromatic rings. The van der Waals surface area contributed by atoms with Gasteiger partial charge in [-0.3, -0.25) is 0 Å². The predicted molar refractivity (Wildman–Crippen MR) is 200 cm³/mol. The van der Waals surface area contributed by atoms with E-state index in [2.05, 4.69) is 205 Å². The molecule has 0 aliphatic heterocycles. The van der Waals surface area contributed by atoms with Gasteiger partial charge in [0.25, 0.3) is 0 Å². The van der Waals surface area contributed by atoms with Crippen molar-refractivity contribution in [2.75, 3.05) is 4.90 Å². The highest BCUT2D eigenvalue weighted by atomic mass is 15.1. The molecule has 0 aromatic heterocycles. The summed E-state index contributed by atoms with van der Waals surface area (Å²) >= 11 is 0. The number of benzene rings is 8. The average molecular weight is 600 g/mol. The van der Waals surface area contributed by atoms with E-state index in [9.17, 15) is 0 Å². The fourth-order valence-electron chi connectivity index (χ4n) is 6.44. The first-order chi connectivity index (χ1) is 23.3. The number of rotatable bonds is 7. The van der Waals surface area contributed by atoms with Gasteiger partial charge >= 0.3 is 0 Å². The Morgan fingerprint density at radius 2 is 0.745 bits per heavy atom. The van der Waals surface area contributed by atoms with Gasteiger partial charge in [0.1, 0.15) is 0 Å². The summed E-state index contributed by atoms with van der Waals surface area (Å²) in [6.07, 6.45) is 0. The lowest BCUT2D eigenvalue weighted by atomic mass is 9.98. The molecule has 0 fully saturated rings. The summed E-state index contributed by atoms with van der Waals surface area (Å²) in [5.74, 6) is 0. The van der Waals surface area contributed by atoms with Crippen molar-refractivity contribution in [1.82, 2.24) is 0 Å². The minimum atomic E-state index is 1.11. The van der Waals surface area contributed by atoms with Crippen molar-refractivity contribution in [2.24, 2.45) is 0 Å². The quantitative estimate of drug-likeness (QED) is 0.176. The third kappa shape index (κ3) is 5.83. The molecule has 47 heavy (non-hydrogen) atoms. The molecule has 0 radical (unpaired) electrons. The van der Waals surface area contributed by atoms with E-state index in [-0.39, 0.29) is 0 Å². The van der Waals surface area contributed by atoms with Crippen LogP contribution in [0.4, 0.5) is 17.1 Å². The van der Waals surface area contributed by atoms with Gasteiger partial charge in [0.05, 0.1) is 5.69 Å². The van der Waals surface area contributed by atoms with Gasteiger partial charge in [0.2, 0.25) is 0 Å². The minimum Gasteiger partial charge on any atom is -0.310 e. The lowest BCUT2D eigenvalue weighted by molar-refractivity contribution is 1.28. The van der Waals surface area contributed by atoms with Crippen LogP contribution < -0.4 is 4.90 Å². The Kier molecular flexibility index (Phi) is 7.63. The van der Waals surface area contributed by atoms with Gasteiger partial charge in [0, 0.05) is 16.9 Å². The molecule has 1 heteroatoms. The van der Waals surface area contributed by atoms with E-state index in [0.29, 0.717) is 0 Å². The number of anilines is 3. The van der Waals surface area contributed by atoms with Crippen LogP contribution in [0.1, 0.15) is 0 Å². The zero-order valence-corrected chi connectivity index (χ0v) is 26.0. The van der Waals surface area contributed by atoms with E-state index in [4.69, 9.17) is 0 Å². The molecule has 0 heterocycles. The maximum absolute atomic E-state index is 2.38. The molecule has 0 aliphatic carbocycles. The Labute approximate surface area is 276 Å². The molecule has 0 aliphatic rings. The molecule has 8 rings (SSSR count). The summed E-state index contributed by atoms with van der Waals surface area (Å²) in [5.41, 5.74) is 13.0. The maximum atomic E-state index is 2.38. The monoisotopic (exact) mass is 599 g/mol. The molecule has 0 bridgehead atoms. The van der Waals surface area contributed by atoms with E-state index in [0.717, 1.165) is 17.1 Å². The Morgan fingerprint density at radius 3 is 1.45 bits per heavy atom. The number of para-hydroxylation sites is 1. The van der Waals surface area contributed by atoms with Crippen molar-refractivity contribution in [2.45, 2.75) is 0 Å². The smallest absolute Gasteiger partial charge is 0.0540 e. The lowest BCUT2D eigenvalue weighted by Gasteiger charge is -2.28. The Hall–Kier alpha value is -6.18. The Bertz CT molecular complexity index is 2270. The fourth-order valence-corrected chi connectivity index (χ4v) is 6.44. The molecular formula is C46H33N. The lowest BCUT2D eigenvalue weighted by Crippen LogP contribution is -2.11. The van der Waals surface area contributed by atoms with Crippen LogP contribution in [0.5, 0.6) is 0 Å². The molecule has 0 atom stereocenters. The van der Waals surface area contributed by atoms with E-state index in [1.54, 1.807) is 0 Å². The molecule has 0 unspecified atom stereocenters. The van der Waals surface area contributed by atoms with Crippen molar-refractivity contribution in [1.29, 1.82) is 0 Å². The van der Waals surface area contributed by atoms with Crippen LogP contribution in [0.25, 0.3) is 55.3 Å². The van der Waals surface area contributed by atoms with Crippen LogP contribution in [0.3, 0.4) is 0 Å². The van der Waals surface area contributed by atoms with Crippen molar-refractivity contribution in [3.8, 4) is 44.5 Å². The highest BCUT2D eigenvalue weighted by Crippen LogP contribution is 2.42. The van der Waals surface area contributed by atoms with E-state index in [1.807, 2.05) is 0 Å². The first-order valence-electron chi connectivity index (χ1n) is 16.1. The summed E-state index contributed by atoms with van der Waals surface area (Å²) in [5, 5.41) is 2.50. The van der Waals surface area contributed by atoms with Gasteiger partial charge in [-0.25, -0.2) is 0 Å². The van der Waals surface area contributed by atoms with Crippen LogP contribution >= 0.6 is 0 Å². The topological polar surface area (TPSA) is 3.24 Å². The molecule has 0 N–H and O–H groups in total. The number of fused-ring (bicyclic) bond motifs is 1. The second kappa shape index (κ2) is 12.7. The molecule has 0 saturated carbocycles. The SMILES string of the molecule is c1ccc(-c2ccc(-c3ccc(N(c4cccc(-c5ccc6ccccc6c5)c4)c4ccccc4-c4ccccc4)cc3)cc2)cc1. The Morgan fingerprint density at radius 1 is 0.255 bits per heavy atom. The van der Waals surface area contributed by atoms with Crippen LogP contribution in [-0.2, 0) is 0 Å². The van der Waals surface area contributed by atoms with Gasteiger partial charge in [-0.15, -0.1) is 0 Å². The zero-order valence-electron chi connectivity index (χ0n) is 26.0. The molecule has 222 valence electrons. The van der Waals surface area contributed by atoms with Crippen molar-refractivity contribution < 1.29 is 0 Å². The molecular weight excluding hydrogens is 567 g/mol.